The smallest absolute Gasteiger partial charge is 0.233 e. The van der Waals surface area contributed by atoms with Gasteiger partial charge in [0.1, 0.15) is 6.42 Å². The van der Waals surface area contributed by atoms with Gasteiger partial charge in [0.15, 0.2) is 11.5 Å². The number of hydrogen-bond acceptors (Lipinski definition) is 5. The summed E-state index contributed by atoms with van der Waals surface area (Å²) < 4.78 is 15.8. The molecule has 0 saturated heterocycles. The Labute approximate surface area is 165 Å². The molecule has 0 aromatic heterocycles. The third kappa shape index (κ3) is 5.16. The molecule has 150 valence electrons. The summed E-state index contributed by atoms with van der Waals surface area (Å²) in [6.07, 6.45) is -0.316. The van der Waals surface area contributed by atoms with E-state index in [9.17, 15) is 9.59 Å². The van der Waals surface area contributed by atoms with Crippen molar-refractivity contribution in [3.05, 3.63) is 42.0 Å². The highest BCUT2D eigenvalue weighted by Gasteiger charge is 2.16. The normalized spacial score (nSPS) is 10.4. The summed E-state index contributed by atoms with van der Waals surface area (Å²) in [4.78, 5) is 24.6. The summed E-state index contributed by atoms with van der Waals surface area (Å²) in [6, 6.07) is 10.7. The molecule has 0 saturated carbocycles. The van der Waals surface area contributed by atoms with E-state index in [1.54, 1.807) is 12.1 Å². The van der Waals surface area contributed by atoms with Gasteiger partial charge in [0.25, 0.3) is 0 Å². The van der Waals surface area contributed by atoms with Crippen molar-refractivity contribution in [1.29, 1.82) is 0 Å². The van der Waals surface area contributed by atoms with Crippen LogP contribution in [0.2, 0.25) is 0 Å². The molecule has 2 N–H and O–H groups in total. The maximum atomic E-state index is 12.3. The van der Waals surface area contributed by atoms with Gasteiger partial charge in [0.2, 0.25) is 17.6 Å². The average Bonchev–Trinajstić information content (AvgIpc) is 2.67. The molecular weight excluding hydrogens is 360 g/mol. The molecule has 2 amide bonds. The second kappa shape index (κ2) is 9.64. The van der Waals surface area contributed by atoms with Crippen LogP contribution < -0.4 is 24.8 Å². The van der Waals surface area contributed by atoms with Crippen molar-refractivity contribution in [1.82, 2.24) is 0 Å². The molecule has 7 heteroatoms. The molecule has 0 aliphatic heterocycles. The number of rotatable bonds is 8. The fourth-order valence-electron chi connectivity index (χ4n) is 2.81. The van der Waals surface area contributed by atoms with Crippen LogP contribution in [0.3, 0.4) is 0 Å². The van der Waals surface area contributed by atoms with Crippen molar-refractivity contribution in [2.24, 2.45) is 0 Å². The van der Waals surface area contributed by atoms with Crippen LogP contribution in [0, 0.1) is 0 Å². The topological polar surface area (TPSA) is 85.9 Å². The Morgan fingerprint density at radius 1 is 0.893 bits per heavy atom. The van der Waals surface area contributed by atoms with Crippen molar-refractivity contribution in [2.45, 2.75) is 26.2 Å². The van der Waals surface area contributed by atoms with Crippen LogP contribution in [0.5, 0.6) is 17.2 Å². The van der Waals surface area contributed by atoms with Gasteiger partial charge in [-0.25, -0.2) is 0 Å². The summed E-state index contributed by atoms with van der Waals surface area (Å²) in [6.45, 7) is 4.09. The van der Waals surface area contributed by atoms with Crippen molar-refractivity contribution in [2.75, 3.05) is 32.0 Å². The van der Waals surface area contributed by atoms with Gasteiger partial charge in [-0.2, -0.15) is 0 Å². The molecule has 0 aliphatic carbocycles. The van der Waals surface area contributed by atoms with Crippen molar-refractivity contribution in [3.63, 3.8) is 0 Å². The first-order valence-corrected chi connectivity index (χ1v) is 8.88. The fourth-order valence-corrected chi connectivity index (χ4v) is 2.81. The fraction of sp³-hybridized carbons (Fsp3) is 0.333. The Morgan fingerprint density at radius 3 is 2.00 bits per heavy atom. The summed E-state index contributed by atoms with van der Waals surface area (Å²) in [7, 11) is 4.48. The van der Waals surface area contributed by atoms with E-state index >= 15 is 0 Å². The SMILES string of the molecule is COc1cc(NC(=O)CC(=O)Nc2ccccc2C(C)C)cc(OC)c1OC. The first kappa shape index (κ1) is 21.1. The van der Waals surface area contributed by atoms with E-state index in [4.69, 9.17) is 14.2 Å². The molecule has 0 unspecified atom stereocenters. The Morgan fingerprint density at radius 2 is 1.46 bits per heavy atom. The number of benzene rings is 2. The molecule has 0 spiro atoms. The number of anilines is 2. The lowest BCUT2D eigenvalue weighted by atomic mass is 10.0. The molecule has 0 bridgehead atoms. The molecule has 2 rings (SSSR count). The number of methoxy groups -OCH3 is 3. The molecule has 0 heterocycles. The number of amides is 2. The highest BCUT2D eigenvalue weighted by atomic mass is 16.5. The standard InChI is InChI=1S/C21H26N2O5/c1-13(2)15-8-6-7-9-16(15)23-20(25)12-19(24)22-14-10-17(26-3)21(28-5)18(11-14)27-4/h6-11,13H,12H2,1-5H3,(H,22,24)(H,23,25). The molecule has 0 atom stereocenters. The zero-order chi connectivity index (χ0) is 20.7. The molecule has 2 aromatic carbocycles. The van der Waals surface area contributed by atoms with E-state index in [1.165, 1.54) is 21.3 Å². The van der Waals surface area contributed by atoms with Crippen LogP contribution in [0.15, 0.2) is 36.4 Å². The number of ether oxygens (including phenoxy) is 3. The Bertz CT molecular complexity index is 823. The lowest BCUT2D eigenvalue weighted by Crippen LogP contribution is -2.22. The summed E-state index contributed by atoms with van der Waals surface area (Å²) in [5.74, 6) is 0.655. The highest BCUT2D eigenvalue weighted by Crippen LogP contribution is 2.39. The van der Waals surface area contributed by atoms with Gasteiger partial charge < -0.3 is 24.8 Å². The van der Waals surface area contributed by atoms with E-state index in [0.29, 0.717) is 28.6 Å². The monoisotopic (exact) mass is 386 g/mol. The van der Waals surface area contributed by atoms with Crippen LogP contribution in [-0.2, 0) is 9.59 Å². The largest absolute Gasteiger partial charge is 0.493 e. The summed E-state index contributed by atoms with van der Waals surface area (Å²) >= 11 is 0. The zero-order valence-corrected chi connectivity index (χ0v) is 16.8. The van der Waals surface area contributed by atoms with Gasteiger partial charge in [-0.15, -0.1) is 0 Å². The van der Waals surface area contributed by atoms with Crippen LogP contribution in [-0.4, -0.2) is 33.1 Å². The summed E-state index contributed by atoms with van der Waals surface area (Å²) in [5.41, 5.74) is 2.17. The van der Waals surface area contributed by atoms with E-state index in [0.717, 1.165) is 5.56 Å². The zero-order valence-electron chi connectivity index (χ0n) is 16.8. The van der Waals surface area contributed by atoms with Crippen molar-refractivity contribution in [3.8, 4) is 17.2 Å². The van der Waals surface area contributed by atoms with Gasteiger partial charge >= 0.3 is 0 Å². The molecule has 28 heavy (non-hydrogen) atoms. The Kier molecular flexibility index (Phi) is 7.26. The van der Waals surface area contributed by atoms with Crippen LogP contribution in [0.4, 0.5) is 11.4 Å². The number of carbonyl (C=O) groups is 2. The number of para-hydroxylation sites is 1. The second-order valence-electron chi connectivity index (χ2n) is 6.43. The molecule has 0 aliphatic rings. The predicted octanol–water partition coefficient (Wildman–Crippen LogP) is 3.80. The lowest BCUT2D eigenvalue weighted by Gasteiger charge is -2.15. The van der Waals surface area contributed by atoms with Gasteiger partial charge in [0.05, 0.1) is 21.3 Å². The van der Waals surface area contributed by atoms with E-state index in [1.807, 2.05) is 38.1 Å². The van der Waals surface area contributed by atoms with Gasteiger partial charge in [-0.1, -0.05) is 32.0 Å². The Balaban J connectivity index is 2.07. The van der Waals surface area contributed by atoms with E-state index in [-0.39, 0.29) is 12.3 Å². The van der Waals surface area contributed by atoms with Crippen molar-refractivity contribution >= 4 is 23.2 Å². The molecular formula is C21H26N2O5. The van der Waals surface area contributed by atoms with Gasteiger partial charge in [-0.05, 0) is 17.5 Å². The first-order valence-electron chi connectivity index (χ1n) is 8.88. The van der Waals surface area contributed by atoms with E-state index in [2.05, 4.69) is 10.6 Å². The number of nitrogens with one attached hydrogen (secondary N) is 2. The van der Waals surface area contributed by atoms with Crippen LogP contribution in [0.1, 0.15) is 31.7 Å². The van der Waals surface area contributed by atoms with Crippen molar-refractivity contribution < 1.29 is 23.8 Å². The summed E-state index contributed by atoms with van der Waals surface area (Å²) in [5, 5.41) is 5.48. The quantitative estimate of drug-likeness (QED) is 0.674. The second-order valence-corrected chi connectivity index (χ2v) is 6.43. The van der Waals surface area contributed by atoms with Gasteiger partial charge in [0, 0.05) is 23.5 Å². The minimum Gasteiger partial charge on any atom is -0.493 e. The first-order chi connectivity index (χ1) is 13.4. The Hall–Kier alpha value is -3.22. The predicted molar refractivity (Wildman–Crippen MR) is 109 cm³/mol. The van der Waals surface area contributed by atoms with Gasteiger partial charge in [-0.3, -0.25) is 9.59 Å². The van der Waals surface area contributed by atoms with Crippen LogP contribution >= 0.6 is 0 Å². The maximum Gasteiger partial charge on any atom is 0.233 e. The maximum absolute atomic E-state index is 12.3. The minimum absolute atomic E-state index is 0.254. The third-order valence-corrected chi connectivity index (χ3v) is 4.13. The number of hydrogen-bond donors (Lipinski definition) is 2. The van der Waals surface area contributed by atoms with Crippen LogP contribution in [0.25, 0.3) is 0 Å². The minimum atomic E-state index is -0.450. The average molecular weight is 386 g/mol. The highest BCUT2D eigenvalue weighted by molar-refractivity contribution is 6.08. The lowest BCUT2D eigenvalue weighted by molar-refractivity contribution is -0.123. The molecule has 0 fully saturated rings. The molecule has 0 radical (unpaired) electrons. The molecule has 2 aromatic rings. The molecule has 7 nitrogen and oxygen atoms in total. The van der Waals surface area contributed by atoms with E-state index < -0.39 is 11.8 Å². The third-order valence-electron chi connectivity index (χ3n) is 4.13. The number of carbonyl (C=O) groups excluding carboxylic acids is 2.